The second kappa shape index (κ2) is 9.77. The Bertz CT molecular complexity index is 784. The highest BCUT2D eigenvalue weighted by atomic mass is 35.5. The molecule has 3 nitrogen and oxygen atoms in total. The summed E-state index contributed by atoms with van der Waals surface area (Å²) in [5.41, 5.74) is 2.26. The SMILES string of the molecule is OC(CNC(c1ccccc1)c1ccccc1)COc1c(Cl)cccc1Cl. The van der Waals surface area contributed by atoms with Gasteiger partial charge in [-0.05, 0) is 23.3 Å². The van der Waals surface area contributed by atoms with Gasteiger partial charge in [-0.15, -0.1) is 0 Å². The monoisotopic (exact) mass is 401 g/mol. The van der Waals surface area contributed by atoms with Crippen molar-refractivity contribution in [3.8, 4) is 5.75 Å². The number of halogens is 2. The van der Waals surface area contributed by atoms with Crippen LogP contribution in [0.25, 0.3) is 0 Å². The Labute approximate surface area is 169 Å². The number of hydrogen-bond donors (Lipinski definition) is 2. The predicted molar refractivity (Wildman–Crippen MR) is 111 cm³/mol. The van der Waals surface area contributed by atoms with Crippen LogP contribution in [0.2, 0.25) is 10.0 Å². The van der Waals surface area contributed by atoms with Gasteiger partial charge >= 0.3 is 0 Å². The van der Waals surface area contributed by atoms with Crippen LogP contribution in [0.5, 0.6) is 5.75 Å². The Hall–Kier alpha value is -2.04. The summed E-state index contributed by atoms with van der Waals surface area (Å²) in [6, 6.07) is 25.4. The molecule has 0 amide bonds. The maximum absolute atomic E-state index is 10.4. The first-order valence-corrected chi connectivity index (χ1v) is 9.49. The van der Waals surface area contributed by atoms with Gasteiger partial charge in [-0.25, -0.2) is 0 Å². The van der Waals surface area contributed by atoms with Crippen LogP contribution in [-0.4, -0.2) is 24.4 Å². The smallest absolute Gasteiger partial charge is 0.156 e. The summed E-state index contributed by atoms with van der Waals surface area (Å²) >= 11 is 12.2. The summed E-state index contributed by atoms with van der Waals surface area (Å²) in [4.78, 5) is 0. The third-order valence-electron chi connectivity index (χ3n) is 4.16. The average Bonchev–Trinajstić information content (AvgIpc) is 2.69. The summed E-state index contributed by atoms with van der Waals surface area (Å²) in [6.07, 6.45) is -0.715. The molecule has 1 atom stereocenters. The Balaban J connectivity index is 1.63. The lowest BCUT2D eigenvalue weighted by molar-refractivity contribution is 0.105. The molecule has 2 N–H and O–H groups in total. The number of aliphatic hydroxyl groups is 1. The van der Waals surface area contributed by atoms with Gasteiger partial charge in [0, 0.05) is 6.54 Å². The van der Waals surface area contributed by atoms with Crippen LogP contribution >= 0.6 is 23.2 Å². The van der Waals surface area contributed by atoms with Crippen molar-refractivity contribution in [2.75, 3.05) is 13.2 Å². The van der Waals surface area contributed by atoms with Crippen molar-refractivity contribution in [2.24, 2.45) is 0 Å². The number of ether oxygens (including phenoxy) is 1. The zero-order valence-corrected chi connectivity index (χ0v) is 16.2. The molecule has 3 aromatic carbocycles. The summed E-state index contributed by atoms with van der Waals surface area (Å²) in [5, 5.41) is 14.6. The van der Waals surface area contributed by atoms with Gasteiger partial charge in [-0.1, -0.05) is 89.9 Å². The molecule has 0 fully saturated rings. The molecule has 0 bridgehead atoms. The van der Waals surface area contributed by atoms with Crippen molar-refractivity contribution in [3.05, 3.63) is 100 Å². The Morgan fingerprint density at radius 2 is 1.30 bits per heavy atom. The fourth-order valence-corrected chi connectivity index (χ4v) is 3.34. The lowest BCUT2D eigenvalue weighted by Gasteiger charge is -2.22. The predicted octanol–water partition coefficient (Wildman–Crippen LogP) is 5.11. The van der Waals surface area contributed by atoms with E-state index in [0.29, 0.717) is 22.3 Å². The van der Waals surface area contributed by atoms with E-state index in [0.717, 1.165) is 11.1 Å². The Morgan fingerprint density at radius 3 is 1.81 bits per heavy atom. The van der Waals surface area contributed by atoms with Crippen LogP contribution in [-0.2, 0) is 0 Å². The highest BCUT2D eigenvalue weighted by Gasteiger charge is 2.16. The lowest BCUT2D eigenvalue weighted by Crippen LogP contribution is -2.34. The lowest BCUT2D eigenvalue weighted by atomic mass is 9.98. The van der Waals surface area contributed by atoms with Gasteiger partial charge in [0.2, 0.25) is 0 Å². The Kier molecular flexibility index (Phi) is 7.13. The maximum Gasteiger partial charge on any atom is 0.156 e. The van der Waals surface area contributed by atoms with Crippen molar-refractivity contribution in [2.45, 2.75) is 12.1 Å². The molecule has 0 aromatic heterocycles. The maximum atomic E-state index is 10.4. The molecule has 27 heavy (non-hydrogen) atoms. The third-order valence-corrected chi connectivity index (χ3v) is 4.76. The first-order chi connectivity index (χ1) is 13.1. The quantitative estimate of drug-likeness (QED) is 0.550. The molecule has 0 spiro atoms. The molecule has 0 aliphatic heterocycles. The molecular weight excluding hydrogens is 381 g/mol. The van der Waals surface area contributed by atoms with Crippen molar-refractivity contribution in [3.63, 3.8) is 0 Å². The van der Waals surface area contributed by atoms with E-state index >= 15 is 0 Å². The van der Waals surface area contributed by atoms with Gasteiger partial charge in [0.1, 0.15) is 12.7 Å². The molecular formula is C22H21Cl2NO2. The molecule has 1 unspecified atom stereocenters. The molecule has 0 radical (unpaired) electrons. The van der Waals surface area contributed by atoms with E-state index in [2.05, 4.69) is 29.6 Å². The molecule has 0 heterocycles. The summed E-state index contributed by atoms with van der Waals surface area (Å²) in [7, 11) is 0. The van der Waals surface area contributed by atoms with E-state index in [9.17, 15) is 5.11 Å². The largest absolute Gasteiger partial charge is 0.488 e. The highest BCUT2D eigenvalue weighted by Crippen LogP contribution is 2.32. The number of para-hydroxylation sites is 1. The van der Waals surface area contributed by atoms with Crippen LogP contribution in [0.1, 0.15) is 17.2 Å². The number of aliphatic hydroxyl groups excluding tert-OH is 1. The first kappa shape index (κ1) is 19.7. The number of nitrogens with one attached hydrogen (secondary N) is 1. The van der Waals surface area contributed by atoms with E-state index in [1.807, 2.05) is 36.4 Å². The topological polar surface area (TPSA) is 41.5 Å². The van der Waals surface area contributed by atoms with Gasteiger partial charge in [-0.3, -0.25) is 0 Å². The van der Waals surface area contributed by atoms with Crippen LogP contribution in [0, 0.1) is 0 Å². The van der Waals surface area contributed by atoms with Crippen LogP contribution < -0.4 is 10.1 Å². The molecule has 0 saturated carbocycles. The summed E-state index contributed by atoms with van der Waals surface area (Å²) in [5.74, 6) is 0.391. The van der Waals surface area contributed by atoms with Crippen LogP contribution in [0.3, 0.4) is 0 Å². The van der Waals surface area contributed by atoms with E-state index in [4.69, 9.17) is 27.9 Å². The molecule has 5 heteroatoms. The molecule has 0 aliphatic rings. The number of rotatable bonds is 8. The van der Waals surface area contributed by atoms with Crippen molar-refractivity contribution >= 4 is 23.2 Å². The molecule has 140 valence electrons. The average molecular weight is 402 g/mol. The second-order valence-electron chi connectivity index (χ2n) is 6.18. The van der Waals surface area contributed by atoms with Crippen LogP contribution in [0.4, 0.5) is 0 Å². The fourth-order valence-electron chi connectivity index (χ4n) is 2.83. The summed E-state index contributed by atoms with van der Waals surface area (Å²) in [6.45, 7) is 0.448. The molecule has 0 saturated heterocycles. The minimum atomic E-state index is -0.715. The van der Waals surface area contributed by atoms with Gasteiger partial charge in [0.15, 0.2) is 5.75 Å². The fraction of sp³-hybridized carbons (Fsp3) is 0.182. The van der Waals surface area contributed by atoms with Crippen LogP contribution in [0.15, 0.2) is 78.9 Å². The van der Waals surface area contributed by atoms with E-state index in [1.165, 1.54) is 0 Å². The van der Waals surface area contributed by atoms with Gasteiger partial charge < -0.3 is 15.2 Å². The van der Waals surface area contributed by atoms with Gasteiger partial charge in [0.05, 0.1) is 16.1 Å². The minimum absolute atomic E-state index is 0.0223. The summed E-state index contributed by atoms with van der Waals surface area (Å²) < 4.78 is 5.62. The van der Waals surface area contributed by atoms with Gasteiger partial charge in [0.25, 0.3) is 0 Å². The zero-order chi connectivity index (χ0) is 19.1. The third kappa shape index (κ3) is 5.47. The minimum Gasteiger partial charge on any atom is -0.488 e. The normalized spacial score (nSPS) is 12.1. The zero-order valence-electron chi connectivity index (χ0n) is 14.7. The second-order valence-corrected chi connectivity index (χ2v) is 6.99. The molecule has 3 rings (SSSR count). The standard InChI is InChI=1S/C22H21Cl2NO2/c23-19-12-7-13-20(24)22(19)27-15-18(26)14-25-21(16-8-3-1-4-9-16)17-10-5-2-6-11-17/h1-13,18,21,25-26H,14-15H2. The van der Waals surface area contributed by atoms with Gasteiger partial charge in [-0.2, -0.15) is 0 Å². The highest BCUT2D eigenvalue weighted by molar-refractivity contribution is 6.37. The molecule has 0 aliphatic carbocycles. The van der Waals surface area contributed by atoms with E-state index < -0.39 is 6.10 Å². The molecule has 3 aromatic rings. The first-order valence-electron chi connectivity index (χ1n) is 8.73. The van der Waals surface area contributed by atoms with E-state index in [1.54, 1.807) is 18.2 Å². The number of hydrogen-bond acceptors (Lipinski definition) is 3. The van der Waals surface area contributed by atoms with Crippen molar-refractivity contribution in [1.82, 2.24) is 5.32 Å². The Morgan fingerprint density at radius 1 is 0.778 bits per heavy atom. The van der Waals surface area contributed by atoms with Crippen molar-refractivity contribution in [1.29, 1.82) is 0 Å². The van der Waals surface area contributed by atoms with Crippen molar-refractivity contribution < 1.29 is 9.84 Å². The van der Waals surface area contributed by atoms with E-state index in [-0.39, 0.29) is 12.6 Å². The number of benzene rings is 3.